The highest BCUT2D eigenvalue weighted by molar-refractivity contribution is 5.71. The van der Waals surface area contributed by atoms with E-state index < -0.39 is 0 Å². The van der Waals surface area contributed by atoms with Gasteiger partial charge in [-0.2, -0.15) is 0 Å². The van der Waals surface area contributed by atoms with Crippen LogP contribution < -0.4 is 5.73 Å². The molecule has 1 atom stereocenters. The molecule has 0 spiro atoms. The summed E-state index contributed by atoms with van der Waals surface area (Å²) >= 11 is 0. The van der Waals surface area contributed by atoms with Gasteiger partial charge in [-0.05, 0) is 12.8 Å². The van der Waals surface area contributed by atoms with Crippen LogP contribution in [0.15, 0.2) is 0 Å². The number of hydrogen-bond donors (Lipinski definition) is 1. The van der Waals surface area contributed by atoms with E-state index in [1.165, 1.54) is 0 Å². The Hall–Kier alpha value is -0.610. The number of unbranched alkanes of at least 4 members (excludes halogenated alkanes) is 1. The van der Waals surface area contributed by atoms with Gasteiger partial charge < -0.3 is 10.5 Å². The maximum absolute atomic E-state index is 11.3. The van der Waals surface area contributed by atoms with Crippen LogP contribution in [0.4, 0.5) is 0 Å². The van der Waals surface area contributed by atoms with Crippen LogP contribution >= 0.6 is 0 Å². The van der Waals surface area contributed by atoms with Gasteiger partial charge in [0, 0.05) is 19.1 Å². The maximum atomic E-state index is 11.3. The van der Waals surface area contributed by atoms with Crippen molar-refractivity contribution in [2.24, 2.45) is 5.73 Å². The largest absolute Gasteiger partial charge is 0.465 e. The first-order valence-electron chi connectivity index (χ1n) is 5.36. The smallest absolute Gasteiger partial charge is 0.320 e. The summed E-state index contributed by atoms with van der Waals surface area (Å²) in [5, 5.41) is 0. The minimum absolute atomic E-state index is 0.118. The van der Waals surface area contributed by atoms with Crippen molar-refractivity contribution in [3.05, 3.63) is 0 Å². The van der Waals surface area contributed by atoms with Crippen molar-refractivity contribution in [3.63, 3.8) is 0 Å². The summed E-state index contributed by atoms with van der Waals surface area (Å²) in [5.74, 6) is -0.118. The molecule has 14 heavy (non-hydrogen) atoms. The Labute approximate surface area is 85.4 Å². The molecule has 0 bridgehead atoms. The van der Waals surface area contributed by atoms with Crippen molar-refractivity contribution >= 4 is 5.97 Å². The molecule has 0 aliphatic carbocycles. The molecule has 1 saturated heterocycles. The number of carbonyl (C=O) groups is 1. The molecule has 0 aromatic rings. The third-order valence-corrected chi connectivity index (χ3v) is 2.42. The van der Waals surface area contributed by atoms with E-state index in [4.69, 9.17) is 10.5 Å². The van der Waals surface area contributed by atoms with Crippen molar-refractivity contribution in [3.8, 4) is 0 Å². The SMILES string of the molecule is CCCCOC(=O)CN1CC[C@H](N)C1. The van der Waals surface area contributed by atoms with Crippen molar-refractivity contribution in [1.82, 2.24) is 4.90 Å². The zero-order chi connectivity index (χ0) is 10.4. The van der Waals surface area contributed by atoms with Crippen molar-refractivity contribution < 1.29 is 9.53 Å². The normalized spacial score (nSPS) is 22.6. The zero-order valence-corrected chi connectivity index (χ0v) is 8.87. The van der Waals surface area contributed by atoms with Gasteiger partial charge in [-0.25, -0.2) is 0 Å². The van der Waals surface area contributed by atoms with Crippen molar-refractivity contribution in [2.75, 3.05) is 26.2 Å². The summed E-state index contributed by atoms with van der Waals surface area (Å²) < 4.78 is 5.06. The summed E-state index contributed by atoms with van der Waals surface area (Å²) in [6, 6.07) is 0.235. The molecule has 2 N–H and O–H groups in total. The van der Waals surface area contributed by atoms with Crippen LogP contribution in [0, 0.1) is 0 Å². The van der Waals surface area contributed by atoms with Gasteiger partial charge >= 0.3 is 5.97 Å². The van der Waals surface area contributed by atoms with Crippen LogP contribution in [-0.4, -0.2) is 43.2 Å². The summed E-state index contributed by atoms with van der Waals surface area (Å²) in [6.45, 7) is 4.77. The molecule has 0 amide bonds. The van der Waals surface area contributed by atoms with Gasteiger partial charge in [-0.1, -0.05) is 13.3 Å². The topological polar surface area (TPSA) is 55.6 Å². The monoisotopic (exact) mass is 200 g/mol. The Kier molecular flexibility index (Phi) is 4.90. The average molecular weight is 200 g/mol. The fourth-order valence-electron chi connectivity index (χ4n) is 1.56. The molecule has 0 aromatic heterocycles. The highest BCUT2D eigenvalue weighted by Gasteiger charge is 2.21. The molecule has 4 heteroatoms. The van der Waals surface area contributed by atoms with Gasteiger partial charge in [0.15, 0.2) is 0 Å². The van der Waals surface area contributed by atoms with Crippen LogP contribution in [0.1, 0.15) is 26.2 Å². The van der Waals surface area contributed by atoms with Crippen molar-refractivity contribution in [2.45, 2.75) is 32.2 Å². The van der Waals surface area contributed by atoms with E-state index >= 15 is 0 Å². The first kappa shape index (κ1) is 11.5. The van der Waals surface area contributed by atoms with E-state index in [2.05, 4.69) is 11.8 Å². The van der Waals surface area contributed by atoms with Gasteiger partial charge in [0.05, 0.1) is 13.2 Å². The molecule has 1 fully saturated rings. The number of ether oxygens (including phenoxy) is 1. The third kappa shape index (κ3) is 4.07. The quantitative estimate of drug-likeness (QED) is 0.514. The van der Waals surface area contributed by atoms with Crippen molar-refractivity contribution in [1.29, 1.82) is 0 Å². The Bertz CT molecular complexity index is 185. The maximum Gasteiger partial charge on any atom is 0.320 e. The second-order valence-corrected chi connectivity index (χ2v) is 3.86. The fourth-order valence-corrected chi connectivity index (χ4v) is 1.56. The molecule has 1 aliphatic rings. The Balaban J connectivity index is 2.08. The molecule has 1 heterocycles. The van der Waals surface area contributed by atoms with Crippen LogP contribution in [0.5, 0.6) is 0 Å². The number of hydrogen-bond acceptors (Lipinski definition) is 4. The van der Waals surface area contributed by atoms with Crippen LogP contribution in [0.3, 0.4) is 0 Å². The van der Waals surface area contributed by atoms with Crippen LogP contribution in [0.25, 0.3) is 0 Å². The molecule has 0 aromatic carbocycles. The zero-order valence-electron chi connectivity index (χ0n) is 8.87. The lowest BCUT2D eigenvalue weighted by molar-refractivity contribution is -0.144. The molecule has 0 radical (unpaired) electrons. The molecule has 1 aliphatic heterocycles. The number of likely N-dealkylation sites (tertiary alicyclic amines) is 1. The molecular weight excluding hydrogens is 180 g/mol. The fraction of sp³-hybridized carbons (Fsp3) is 0.900. The van der Waals surface area contributed by atoms with E-state index in [-0.39, 0.29) is 12.0 Å². The minimum Gasteiger partial charge on any atom is -0.465 e. The minimum atomic E-state index is -0.118. The van der Waals surface area contributed by atoms with E-state index in [9.17, 15) is 4.79 Å². The predicted octanol–water partition coefficient (Wildman–Crippen LogP) is 0.363. The van der Waals surface area contributed by atoms with Gasteiger partial charge in [0.1, 0.15) is 0 Å². The van der Waals surface area contributed by atoms with Gasteiger partial charge in [0.2, 0.25) is 0 Å². The van der Waals surface area contributed by atoms with E-state index in [1.807, 2.05) is 0 Å². The van der Waals surface area contributed by atoms with Gasteiger partial charge in [-0.3, -0.25) is 9.69 Å². The summed E-state index contributed by atoms with van der Waals surface area (Å²) in [7, 11) is 0. The molecule has 82 valence electrons. The average Bonchev–Trinajstić information content (AvgIpc) is 2.52. The molecule has 1 rings (SSSR count). The molecule has 4 nitrogen and oxygen atoms in total. The molecule has 0 unspecified atom stereocenters. The lowest BCUT2D eigenvalue weighted by Crippen LogP contribution is -2.31. The molecule has 0 saturated carbocycles. The standard InChI is InChI=1S/C10H20N2O2/c1-2-3-6-14-10(13)8-12-5-4-9(11)7-12/h9H,2-8,11H2,1H3/t9-/m0/s1. The van der Waals surface area contributed by atoms with Gasteiger partial charge in [-0.15, -0.1) is 0 Å². The lowest BCUT2D eigenvalue weighted by atomic mass is 10.3. The van der Waals surface area contributed by atoms with Crippen LogP contribution in [0.2, 0.25) is 0 Å². The number of rotatable bonds is 5. The summed E-state index contributed by atoms with van der Waals surface area (Å²) in [5.41, 5.74) is 5.73. The number of nitrogens with zero attached hydrogens (tertiary/aromatic N) is 1. The van der Waals surface area contributed by atoms with E-state index in [0.29, 0.717) is 13.2 Å². The Morgan fingerprint density at radius 3 is 3.00 bits per heavy atom. The summed E-state index contributed by atoms with van der Waals surface area (Å²) in [4.78, 5) is 13.3. The summed E-state index contributed by atoms with van der Waals surface area (Å²) in [6.07, 6.45) is 3.00. The first-order valence-corrected chi connectivity index (χ1v) is 5.36. The Morgan fingerprint density at radius 2 is 2.43 bits per heavy atom. The predicted molar refractivity (Wildman–Crippen MR) is 54.9 cm³/mol. The second kappa shape index (κ2) is 5.98. The van der Waals surface area contributed by atoms with E-state index in [1.54, 1.807) is 0 Å². The number of esters is 1. The van der Waals surface area contributed by atoms with Gasteiger partial charge in [0.25, 0.3) is 0 Å². The second-order valence-electron chi connectivity index (χ2n) is 3.86. The highest BCUT2D eigenvalue weighted by Crippen LogP contribution is 2.06. The van der Waals surface area contributed by atoms with E-state index in [0.717, 1.165) is 32.4 Å². The lowest BCUT2D eigenvalue weighted by Gasteiger charge is -2.13. The Morgan fingerprint density at radius 1 is 1.64 bits per heavy atom. The van der Waals surface area contributed by atoms with Crippen LogP contribution in [-0.2, 0) is 9.53 Å². The highest BCUT2D eigenvalue weighted by atomic mass is 16.5. The first-order chi connectivity index (χ1) is 6.72. The molecular formula is C10H20N2O2. The third-order valence-electron chi connectivity index (χ3n) is 2.42. The number of nitrogens with two attached hydrogens (primary N) is 1. The number of carbonyl (C=O) groups excluding carboxylic acids is 1.